The fourth-order valence-electron chi connectivity index (χ4n) is 1.07. The summed E-state index contributed by atoms with van der Waals surface area (Å²) in [6, 6.07) is 4.80. The number of aromatic hydroxyl groups is 1. The number of fused-ring (bicyclic) bond motifs is 1. The van der Waals surface area contributed by atoms with Crippen LogP contribution in [0.1, 0.15) is 0 Å². The van der Waals surface area contributed by atoms with Gasteiger partial charge in [-0.15, -0.1) is 0 Å². The molecular formula is C8H7N3O. The molecule has 0 bridgehead atoms. The van der Waals surface area contributed by atoms with E-state index in [0.717, 1.165) is 5.39 Å². The van der Waals surface area contributed by atoms with Crippen molar-refractivity contribution < 1.29 is 5.11 Å². The van der Waals surface area contributed by atoms with Crippen molar-refractivity contribution in [1.82, 2.24) is 9.97 Å². The molecule has 4 nitrogen and oxygen atoms in total. The van der Waals surface area contributed by atoms with Gasteiger partial charge in [-0.2, -0.15) is 0 Å². The van der Waals surface area contributed by atoms with Gasteiger partial charge in [0.2, 0.25) is 0 Å². The van der Waals surface area contributed by atoms with Gasteiger partial charge in [0.05, 0.1) is 5.52 Å². The van der Waals surface area contributed by atoms with Gasteiger partial charge >= 0.3 is 0 Å². The third-order valence-electron chi connectivity index (χ3n) is 1.65. The molecule has 0 saturated heterocycles. The second-order valence-corrected chi connectivity index (χ2v) is 2.46. The molecule has 60 valence electrons. The molecule has 1 aromatic heterocycles. The van der Waals surface area contributed by atoms with Crippen molar-refractivity contribution in [3.05, 3.63) is 24.5 Å². The highest BCUT2D eigenvalue weighted by Crippen LogP contribution is 2.20. The first-order valence-corrected chi connectivity index (χ1v) is 3.46. The molecule has 0 atom stereocenters. The highest BCUT2D eigenvalue weighted by atomic mass is 16.3. The van der Waals surface area contributed by atoms with Crippen LogP contribution in [0.15, 0.2) is 24.5 Å². The van der Waals surface area contributed by atoms with E-state index in [1.165, 1.54) is 6.33 Å². The van der Waals surface area contributed by atoms with E-state index >= 15 is 0 Å². The summed E-state index contributed by atoms with van der Waals surface area (Å²) in [4.78, 5) is 7.77. The van der Waals surface area contributed by atoms with Gasteiger partial charge in [-0.1, -0.05) is 0 Å². The molecule has 2 aromatic rings. The van der Waals surface area contributed by atoms with E-state index in [0.29, 0.717) is 11.3 Å². The molecule has 0 saturated carbocycles. The minimum atomic E-state index is 0.181. The molecule has 1 aromatic carbocycles. The van der Waals surface area contributed by atoms with E-state index in [1.54, 1.807) is 18.2 Å². The smallest absolute Gasteiger partial charge is 0.134 e. The molecule has 0 amide bonds. The summed E-state index contributed by atoms with van der Waals surface area (Å²) in [5.41, 5.74) is 6.23. The van der Waals surface area contributed by atoms with Gasteiger partial charge in [0.25, 0.3) is 0 Å². The predicted octanol–water partition coefficient (Wildman–Crippen LogP) is 0.918. The van der Waals surface area contributed by atoms with Crippen LogP contribution < -0.4 is 5.73 Å². The Kier molecular flexibility index (Phi) is 1.33. The Morgan fingerprint density at radius 2 is 2.08 bits per heavy atom. The van der Waals surface area contributed by atoms with E-state index in [2.05, 4.69) is 9.97 Å². The normalized spacial score (nSPS) is 10.3. The largest absolute Gasteiger partial charge is 0.508 e. The minimum absolute atomic E-state index is 0.181. The lowest BCUT2D eigenvalue weighted by atomic mass is 10.2. The third-order valence-corrected chi connectivity index (χ3v) is 1.65. The molecule has 4 heteroatoms. The maximum Gasteiger partial charge on any atom is 0.134 e. The highest BCUT2D eigenvalue weighted by Gasteiger charge is 1.99. The first kappa shape index (κ1) is 6.84. The second-order valence-electron chi connectivity index (χ2n) is 2.46. The van der Waals surface area contributed by atoms with Crippen molar-refractivity contribution >= 4 is 16.7 Å². The number of nitrogens with zero attached hydrogens (tertiary/aromatic N) is 2. The van der Waals surface area contributed by atoms with Crippen LogP contribution >= 0.6 is 0 Å². The minimum Gasteiger partial charge on any atom is -0.508 e. The fourth-order valence-corrected chi connectivity index (χ4v) is 1.07. The van der Waals surface area contributed by atoms with Crippen LogP contribution in [0.4, 0.5) is 5.82 Å². The number of anilines is 1. The fraction of sp³-hybridized carbons (Fsp3) is 0. The van der Waals surface area contributed by atoms with E-state index in [9.17, 15) is 0 Å². The quantitative estimate of drug-likeness (QED) is 0.602. The van der Waals surface area contributed by atoms with Gasteiger partial charge in [-0.3, -0.25) is 0 Å². The standard InChI is InChI=1S/C8H7N3O/c9-8-6-2-1-5(12)3-7(6)10-4-11-8/h1-4,12H,(H2,9,10,11). The number of hydrogen-bond acceptors (Lipinski definition) is 4. The summed E-state index contributed by atoms with van der Waals surface area (Å²) < 4.78 is 0. The lowest BCUT2D eigenvalue weighted by molar-refractivity contribution is 0.476. The molecular weight excluding hydrogens is 154 g/mol. The van der Waals surface area contributed by atoms with Gasteiger partial charge in [0, 0.05) is 11.5 Å². The molecule has 1 heterocycles. The van der Waals surface area contributed by atoms with Crippen molar-refractivity contribution in [1.29, 1.82) is 0 Å². The van der Waals surface area contributed by atoms with Crippen LogP contribution in [0, 0.1) is 0 Å². The van der Waals surface area contributed by atoms with Gasteiger partial charge in [0.1, 0.15) is 17.9 Å². The lowest BCUT2D eigenvalue weighted by Crippen LogP contribution is -1.92. The number of phenols is 1. The van der Waals surface area contributed by atoms with Crippen molar-refractivity contribution in [2.45, 2.75) is 0 Å². The summed E-state index contributed by atoms with van der Waals surface area (Å²) in [6.07, 6.45) is 1.37. The number of aromatic nitrogens is 2. The van der Waals surface area contributed by atoms with Crippen LogP contribution in [-0.4, -0.2) is 15.1 Å². The van der Waals surface area contributed by atoms with Gasteiger partial charge in [-0.25, -0.2) is 9.97 Å². The van der Waals surface area contributed by atoms with Gasteiger partial charge < -0.3 is 10.8 Å². The summed E-state index contributed by atoms with van der Waals surface area (Å²) in [7, 11) is 0. The van der Waals surface area contributed by atoms with Crippen molar-refractivity contribution in [2.75, 3.05) is 5.73 Å². The maximum atomic E-state index is 9.12. The number of nitrogen functional groups attached to an aromatic ring is 1. The summed E-state index contributed by atoms with van der Waals surface area (Å²) in [6.45, 7) is 0. The Hall–Kier alpha value is -1.84. The predicted molar refractivity (Wildman–Crippen MR) is 45.6 cm³/mol. The molecule has 0 spiro atoms. The van der Waals surface area contributed by atoms with Crippen molar-refractivity contribution in [2.24, 2.45) is 0 Å². The molecule has 0 aliphatic rings. The molecule has 0 fully saturated rings. The Bertz CT molecular complexity index is 428. The number of nitrogens with two attached hydrogens (primary N) is 1. The molecule has 12 heavy (non-hydrogen) atoms. The molecule has 3 N–H and O–H groups in total. The lowest BCUT2D eigenvalue weighted by Gasteiger charge is -1.99. The van der Waals surface area contributed by atoms with Gasteiger partial charge in [0.15, 0.2) is 0 Å². The zero-order valence-electron chi connectivity index (χ0n) is 6.23. The van der Waals surface area contributed by atoms with Crippen LogP contribution in [0.25, 0.3) is 10.9 Å². The monoisotopic (exact) mass is 161 g/mol. The summed E-state index contributed by atoms with van der Waals surface area (Å²) in [5, 5.41) is 9.88. The number of rotatable bonds is 0. The molecule has 2 rings (SSSR count). The average Bonchev–Trinajstić information content (AvgIpc) is 2.04. The molecule has 0 unspecified atom stereocenters. The SMILES string of the molecule is Nc1ncnc2cc(O)ccc12. The Balaban J connectivity index is 2.86. The Morgan fingerprint density at radius 3 is 2.92 bits per heavy atom. The second kappa shape index (κ2) is 2.34. The van der Waals surface area contributed by atoms with E-state index in [4.69, 9.17) is 10.8 Å². The molecule has 0 aliphatic carbocycles. The Morgan fingerprint density at radius 1 is 1.25 bits per heavy atom. The Labute approximate surface area is 68.7 Å². The van der Waals surface area contributed by atoms with Crippen LogP contribution in [0.2, 0.25) is 0 Å². The maximum absolute atomic E-state index is 9.12. The van der Waals surface area contributed by atoms with Crippen LogP contribution in [0.3, 0.4) is 0 Å². The van der Waals surface area contributed by atoms with E-state index in [1.807, 2.05) is 0 Å². The number of hydrogen-bond donors (Lipinski definition) is 2. The molecule has 0 radical (unpaired) electrons. The average molecular weight is 161 g/mol. The first-order chi connectivity index (χ1) is 5.77. The zero-order valence-corrected chi connectivity index (χ0v) is 6.23. The van der Waals surface area contributed by atoms with Crippen molar-refractivity contribution in [3.8, 4) is 5.75 Å². The number of benzene rings is 1. The van der Waals surface area contributed by atoms with Crippen LogP contribution in [0.5, 0.6) is 5.75 Å². The van der Waals surface area contributed by atoms with Crippen LogP contribution in [-0.2, 0) is 0 Å². The van der Waals surface area contributed by atoms with E-state index in [-0.39, 0.29) is 5.75 Å². The van der Waals surface area contributed by atoms with E-state index < -0.39 is 0 Å². The topological polar surface area (TPSA) is 72.0 Å². The summed E-state index contributed by atoms with van der Waals surface area (Å²) >= 11 is 0. The number of phenolic OH excluding ortho intramolecular Hbond substituents is 1. The van der Waals surface area contributed by atoms with Gasteiger partial charge in [-0.05, 0) is 12.1 Å². The first-order valence-electron chi connectivity index (χ1n) is 3.46. The zero-order chi connectivity index (χ0) is 8.55. The summed E-state index contributed by atoms with van der Waals surface area (Å²) in [5.74, 6) is 0.612. The van der Waals surface area contributed by atoms with Crippen molar-refractivity contribution in [3.63, 3.8) is 0 Å². The highest BCUT2D eigenvalue weighted by molar-refractivity contribution is 5.88. The molecule has 0 aliphatic heterocycles. The third kappa shape index (κ3) is 0.934.